The fourth-order valence-electron chi connectivity index (χ4n) is 2.38. The van der Waals surface area contributed by atoms with Gasteiger partial charge < -0.3 is 15.2 Å². The molecule has 0 saturated heterocycles. The van der Waals surface area contributed by atoms with Gasteiger partial charge in [-0.2, -0.15) is 0 Å². The molecule has 3 nitrogen and oxygen atoms in total. The quantitative estimate of drug-likeness (QED) is 0.873. The summed E-state index contributed by atoms with van der Waals surface area (Å²) in [5.74, 6) is 0. The summed E-state index contributed by atoms with van der Waals surface area (Å²) in [4.78, 5) is 1.50. The maximum Gasteiger partial charge on any atom is 0.0898 e. The third-order valence-corrected chi connectivity index (χ3v) is 4.36. The van der Waals surface area contributed by atoms with Crippen molar-refractivity contribution in [3.05, 3.63) is 21.9 Å². The lowest BCUT2D eigenvalue weighted by Gasteiger charge is -2.26. The summed E-state index contributed by atoms with van der Waals surface area (Å²) in [6.07, 6.45) is 3.17. The van der Waals surface area contributed by atoms with Crippen LogP contribution < -0.4 is 5.32 Å². The van der Waals surface area contributed by atoms with Crippen molar-refractivity contribution in [2.75, 3.05) is 13.2 Å². The third kappa shape index (κ3) is 4.56. The zero-order valence-electron chi connectivity index (χ0n) is 12.1. The fourth-order valence-corrected chi connectivity index (χ4v) is 3.37. The molecule has 2 N–H and O–H groups in total. The first-order valence-corrected chi connectivity index (χ1v) is 7.95. The second-order valence-corrected chi connectivity index (χ2v) is 7.23. The van der Waals surface area contributed by atoms with Crippen molar-refractivity contribution in [2.24, 2.45) is 0 Å². The molecule has 108 valence electrons. The van der Waals surface area contributed by atoms with Crippen LogP contribution in [-0.4, -0.2) is 30.0 Å². The highest BCUT2D eigenvalue weighted by molar-refractivity contribution is 7.10. The lowest BCUT2D eigenvalue weighted by atomic mass is 9.94. The van der Waals surface area contributed by atoms with Gasteiger partial charge >= 0.3 is 0 Å². The molecule has 1 heterocycles. The molecule has 0 radical (unpaired) electrons. The van der Waals surface area contributed by atoms with Crippen LogP contribution in [0.15, 0.2) is 11.4 Å². The molecule has 0 saturated carbocycles. The van der Waals surface area contributed by atoms with Gasteiger partial charge in [-0.05, 0) is 57.0 Å². The number of aryl methyl sites for hydroxylation is 1. The van der Waals surface area contributed by atoms with Crippen molar-refractivity contribution in [3.63, 3.8) is 0 Å². The predicted molar refractivity (Wildman–Crippen MR) is 79.7 cm³/mol. The van der Waals surface area contributed by atoms with Crippen LogP contribution in [0.5, 0.6) is 0 Å². The van der Waals surface area contributed by atoms with Crippen LogP contribution in [0.4, 0.5) is 0 Å². The Hall–Kier alpha value is -0.420. The van der Waals surface area contributed by atoms with Gasteiger partial charge in [-0.1, -0.05) is 0 Å². The number of aliphatic hydroxyl groups is 1. The molecular formula is C15H25NO2S. The van der Waals surface area contributed by atoms with Crippen LogP contribution in [0.2, 0.25) is 0 Å². The lowest BCUT2D eigenvalue weighted by molar-refractivity contribution is -0.0484. The molecule has 1 aliphatic rings. The molecule has 1 aromatic heterocycles. The van der Waals surface area contributed by atoms with E-state index in [1.807, 2.05) is 32.1 Å². The van der Waals surface area contributed by atoms with E-state index < -0.39 is 6.10 Å². The van der Waals surface area contributed by atoms with Crippen molar-refractivity contribution < 1.29 is 9.84 Å². The highest BCUT2D eigenvalue weighted by atomic mass is 32.1. The summed E-state index contributed by atoms with van der Waals surface area (Å²) in [7, 11) is 0. The number of hydrogen-bond acceptors (Lipinski definition) is 4. The molecule has 0 amide bonds. The van der Waals surface area contributed by atoms with Gasteiger partial charge in [0, 0.05) is 17.5 Å². The van der Waals surface area contributed by atoms with Crippen molar-refractivity contribution in [2.45, 2.75) is 57.8 Å². The topological polar surface area (TPSA) is 41.5 Å². The maximum absolute atomic E-state index is 9.96. The molecule has 0 spiro atoms. The molecule has 0 bridgehead atoms. The molecule has 0 fully saturated rings. The van der Waals surface area contributed by atoms with E-state index in [1.165, 1.54) is 23.3 Å². The molecule has 2 unspecified atom stereocenters. The molecule has 19 heavy (non-hydrogen) atoms. The van der Waals surface area contributed by atoms with Crippen LogP contribution in [0, 0.1) is 0 Å². The molecule has 2 rings (SSSR count). The third-order valence-electron chi connectivity index (χ3n) is 3.36. The smallest absolute Gasteiger partial charge is 0.0898 e. The minimum absolute atomic E-state index is 0.188. The number of thiophene rings is 1. The second kappa shape index (κ2) is 6.35. The highest BCUT2D eigenvalue weighted by Crippen LogP contribution is 2.33. The summed E-state index contributed by atoms with van der Waals surface area (Å²) in [5, 5.41) is 15.6. The van der Waals surface area contributed by atoms with Gasteiger partial charge in [0.25, 0.3) is 0 Å². The Morgan fingerprint density at radius 3 is 3.05 bits per heavy atom. The molecule has 1 aromatic rings. The summed E-state index contributed by atoms with van der Waals surface area (Å²) >= 11 is 1.85. The Morgan fingerprint density at radius 2 is 2.32 bits per heavy atom. The Kier molecular flexibility index (Phi) is 5.01. The summed E-state index contributed by atoms with van der Waals surface area (Å²) in [6.45, 7) is 7.00. The standard InChI is InChI=1S/C15H25NO2S/c1-15(2,3)18-10-11(17)9-16-13-5-4-6-14-12(13)7-8-19-14/h7-8,11,13,16-17H,4-6,9-10H2,1-3H3. The number of nitrogens with one attached hydrogen (secondary N) is 1. The number of ether oxygens (including phenoxy) is 1. The Balaban J connectivity index is 1.77. The molecule has 0 aromatic carbocycles. The van der Waals surface area contributed by atoms with Gasteiger partial charge in [-0.15, -0.1) is 11.3 Å². The first-order chi connectivity index (χ1) is 8.96. The average molecular weight is 283 g/mol. The van der Waals surface area contributed by atoms with E-state index in [9.17, 15) is 5.11 Å². The zero-order valence-corrected chi connectivity index (χ0v) is 12.9. The second-order valence-electron chi connectivity index (χ2n) is 6.23. The summed E-state index contributed by atoms with van der Waals surface area (Å²) in [5.41, 5.74) is 1.24. The van der Waals surface area contributed by atoms with Gasteiger partial charge in [0.2, 0.25) is 0 Å². The lowest BCUT2D eigenvalue weighted by Crippen LogP contribution is -2.36. The van der Waals surface area contributed by atoms with Gasteiger partial charge in [0.15, 0.2) is 0 Å². The van der Waals surface area contributed by atoms with Crippen LogP contribution in [0.1, 0.15) is 50.1 Å². The van der Waals surface area contributed by atoms with E-state index in [4.69, 9.17) is 4.74 Å². The van der Waals surface area contributed by atoms with Gasteiger partial charge in [0.05, 0.1) is 18.3 Å². The van der Waals surface area contributed by atoms with Gasteiger partial charge in [0.1, 0.15) is 0 Å². The van der Waals surface area contributed by atoms with Crippen molar-refractivity contribution in [1.82, 2.24) is 5.32 Å². The van der Waals surface area contributed by atoms with Crippen LogP contribution >= 0.6 is 11.3 Å². The normalized spacial score (nSPS) is 21.2. The Morgan fingerprint density at radius 1 is 1.53 bits per heavy atom. The van der Waals surface area contributed by atoms with Crippen LogP contribution in [-0.2, 0) is 11.2 Å². The largest absolute Gasteiger partial charge is 0.389 e. The van der Waals surface area contributed by atoms with Crippen LogP contribution in [0.3, 0.4) is 0 Å². The number of aliphatic hydroxyl groups excluding tert-OH is 1. The summed E-state index contributed by atoms with van der Waals surface area (Å²) < 4.78 is 5.60. The van der Waals surface area contributed by atoms with E-state index in [0.717, 1.165) is 6.42 Å². The van der Waals surface area contributed by atoms with E-state index in [2.05, 4.69) is 16.8 Å². The maximum atomic E-state index is 9.96. The Bertz CT molecular complexity index is 397. The Labute approximate surface area is 120 Å². The van der Waals surface area contributed by atoms with Gasteiger partial charge in [-0.3, -0.25) is 0 Å². The van der Waals surface area contributed by atoms with E-state index in [0.29, 0.717) is 19.2 Å². The first-order valence-electron chi connectivity index (χ1n) is 7.07. The van der Waals surface area contributed by atoms with E-state index in [-0.39, 0.29) is 5.60 Å². The molecular weight excluding hydrogens is 258 g/mol. The molecule has 2 atom stereocenters. The van der Waals surface area contributed by atoms with E-state index in [1.54, 1.807) is 0 Å². The number of hydrogen-bond donors (Lipinski definition) is 2. The minimum Gasteiger partial charge on any atom is -0.389 e. The zero-order chi connectivity index (χ0) is 13.9. The molecule has 1 aliphatic carbocycles. The molecule has 4 heteroatoms. The number of rotatable bonds is 5. The first kappa shape index (κ1) is 15.0. The minimum atomic E-state index is -0.441. The van der Waals surface area contributed by atoms with Crippen LogP contribution in [0.25, 0.3) is 0 Å². The summed E-state index contributed by atoms with van der Waals surface area (Å²) in [6, 6.07) is 2.62. The SMILES string of the molecule is CC(C)(C)OCC(O)CNC1CCCc2sccc21. The van der Waals surface area contributed by atoms with Crippen molar-refractivity contribution in [1.29, 1.82) is 0 Å². The predicted octanol–water partition coefficient (Wildman–Crippen LogP) is 2.89. The molecule has 0 aliphatic heterocycles. The monoisotopic (exact) mass is 283 g/mol. The van der Waals surface area contributed by atoms with E-state index >= 15 is 0 Å². The van der Waals surface area contributed by atoms with Crippen molar-refractivity contribution in [3.8, 4) is 0 Å². The fraction of sp³-hybridized carbons (Fsp3) is 0.733. The highest BCUT2D eigenvalue weighted by Gasteiger charge is 2.21. The van der Waals surface area contributed by atoms with Crippen molar-refractivity contribution >= 4 is 11.3 Å². The number of fused-ring (bicyclic) bond motifs is 1. The van der Waals surface area contributed by atoms with Gasteiger partial charge in [-0.25, -0.2) is 0 Å². The average Bonchev–Trinajstić information content (AvgIpc) is 2.81.